The Morgan fingerprint density at radius 3 is 2.76 bits per heavy atom. The first kappa shape index (κ1) is 12.4. The van der Waals surface area contributed by atoms with Gasteiger partial charge in [-0.3, -0.25) is 0 Å². The molecule has 0 spiro atoms. The zero-order chi connectivity index (χ0) is 12.3. The number of nitrogens with one attached hydrogen (secondary N) is 1. The molecule has 4 N–H and O–H groups in total. The Morgan fingerprint density at radius 2 is 2.06 bits per heavy atom. The molecule has 0 saturated carbocycles. The highest BCUT2D eigenvalue weighted by molar-refractivity contribution is 8.00. The molecule has 1 aliphatic heterocycles. The van der Waals surface area contributed by atoms with Crippen LogP contribution in [0, 0.1) is 0 Å². The Kier molecular flexibility index (Phi) is 4.02. The summed E-state index contributed by atoms with van der Waals surface area (Å²) >= 11 is 1.97. The van der Waals surface area contributed by atoms with Gasteiger partial charge in [-0.15, -0.1) is 0 Å². The van der Waals surface area contributed by atoms with E-state index in [0.29, 0.717) is 17.4 Å². The average Bonchev–Trinajstić information content (AvgIpc) is 2.82. The van der Waals surface area contributed by atoms with E-state index in [4.69, 9.17) is 0 Å². The van der Waals surface area contributed by atoms with Crippen molar-refractivity contribution < 1.29 is 15.3 Å². The summed E-state index contributed by atoms with van der Waals surface area (Å²) in [5, 5.41) is 32.1. The maximum absolute atomic E-state index is 9.62. The normalized spacial score (nSPS) is 19.6. The van der Waals surface area contributed by atoms with E-state index in [-0.39, 0.29) is 11.5 Å². The molecule has 2 rings (SSSR count). The van der Waals surface area contributed by atoms with Crippen LogP contribution in [-0.4, -0.2) is 32.9 Å². The molecule has 1 aliphatic rings. The highest BCUT2D eigenvalue weighted by Crippen LogP contribution is 2.36. The Bertz CT molecular complexity index is 392. The van der Waals surface area contributed by atoms with Crippen molar-refractivity contribution in [1.82, 2.24) is 5.32 Å². The van der Waals surface area contributed by atoms with E-state index in [2.05, 4.69) is 5.32 Å². The smallest absolute Gasteiger partial charge is 0.200 e. The van der Waals surface area contributed by atoms with Crippen molar-refractivity contribution in [3.05, 3.63) is 17.7 Å². The summed E-state index contributed by atoms with van der Waals surface area (Å²) in [4.78, 5) is 0. The van der Waals surface area contributed by atoms with Gasteiger partial charge in [-0.25, -0.2) is 0 Å². The number of rotatable bonds is 4. The van der Waals surface area contributed by atoms with Crippen LogP contribution in [0.2, 0.25) is 0 Å². The molecule has 5 heteroatoms. The van der Waals surface area contributed by atoms with E-state index in [1.807, 2.05) is 11.8 Å². The van der Waals surface area contributed by atoms with E-state index >= 15 is 0 Å². The Hall–Kier alpha value is -1.07. The van der Waals surface area contributed by atoms with Crippen molar-refractivity contribution in [2.24, 2.45) is 0 Å². The lowest BCUT2D eigenvalue weighted by atomic mass is 10.1. The molecule has 0 aromatic heterocycles. The Morgan fingerprint density at radius 1 is 1.24 bits per heavy atom. The molecule has 1 heterocycles. The van der Waals surface area contributed by atoms with Crippen LogP contribution in [0.4, 0.5) is 0 Å². The Labute approximate surface area is 105 Å². The first-order valence-corrected chi connectivity index (χ1v) is 6.78. The van der Waals surface area contributed by atoms with Crippen molar-refractivity contribution in [1.29, 1.82) is 0 Å². The number of thioether (sulfide) groups is 1. The van der Waals surface area contributed by atoms with Crippen LogP contribution in [0.1, 0.15) is 18.4 Å². The molecule has 1 aromatic carbocycles. The van der Waals surface area contributed by atoms with Gasteiger partial charge in [0.2, 0.25) is 5.75 Å². The number of phenols is 3. The molecule has 0 aliphatic carbocycles. The second-order valence-electron chi connectivity index (χ2n) is 4.21. The molecular weight excluding hydrogens is 238 g/mol. The average molecular weight is 255 g/mol. The molecular formula is C12H17NO3S. The predicted octanol–water partition coefficient (Wildman–Crippen LogP) is 1.79. The number of phenolic OH excluding ortho intramolecular Hbond substituents is 3. The van der Waals surface area contributed by atoms with E-state index in [1.54, 1.807) is 6.07 Å². The molecule has 1 aromatic rings. The van der Waals surface area contributed by atoms with Crippen LogP contribution in [0.15, 0.2) is 12.1 Å². The summed E-state index contributed by atoms with van der Waals surface area (Å²) in [5.74, 6) is 0.256. The van der Waals surface area contributed by atoms with Gasteiger partial charge in [-0.1, -0.05) is 6.07 Å². The number of hydrogen-bond donors (Lipinski definition) is 4. The topological polar surface area (TPSA) is 72.7 Å². The van der Waals surface area contributed by atoms with Gasteiger partial charge in [-0.2, -0.15) is 11.8 Å². The van der Waals surface area contributed by atoms with Gasteiger partial charge in [0, 0.05) is 23.9 Å². The molecule has 1 saturated heterocycles. The van der Waals surface area contributed by atoms with Crippen LogP contribution in [0.25, 0.3) is 0 Å². The Balaban J connectivity index is 1.88. The summed E-state index contributed by atoms with van der Waals surface area (Å²) in [7, 11) is 0. The minimum Gasteiger partial charge on any atom is -0.504 e. The number of benzene rings is 1. The fraction of sp³-hybridized carbons (Fsp3) is 0.500. The fourth-order valence-electron chi connectivity index (χ4n) is 1.93. The summed E-state index contributed by atoms with van der Waals surface area (Å²) in [6.45, 7) is 1.41. The third kappa shape index (κ3) is 2.98. The zero-order valence-electron chi connectivity index (χ0n) is 9.52. The highest BCUT2D eigenvalue weighted by Gasteiger charge is 2.15. The van der Waals surface area contributed by atoms with Crippen LogP contribution in [0.3, 0.4) is 0 Å². The van der Waals surface area contributed by atoms with Crippen LogP contribution < -0.4 is 5.32 Å². The van der Waals surface area contributed by atoms with Gasteiger partial charge in [0.05, 0.1) is 0 Å². The lowest BCUT2D eigenvalue weighted by Crippen LogP contribution is -2.22. The van der Waals surface area contributed by atoms with Crippen LogP contribution >= 0.6 is 11.8 Å². The minimum atomic E-state index is -0.445. The fourth-order valence-corrected chi connectivity index (χ4v) is 3.16. The molecule has 1 atom stereocenters. The van der Waals surface area contributed by atoms with Gasteiger partial charge >= 0.3 is 0 Å². The summed E-state index contributed by atoms with van der Waals surface area (Å²) < 4.78 is 0. The minimum absolute atomic E-state index is 0.239. The second kappa shape index (κ2) is 5.51. The molecule has 94 valence electrons. The molecule has 1 fully saturated rings. The maximum atomic E-state index is 9.62. The molecule has 17 heavy (non-hydrogen) atoms. The quantitative estimate of drug-likeness (QED) is 0.617. The maximum Gasteiger partial charge on any atom is 0.200 e. The predicted molar refractivity (Wildman–Crippen MR) is 68.6 cm³/mol. The summed E-state index contributed by atoms with van der Waals surface area (Å²) in [5.41, 5.74) is 0.600. The van der Waals surface area contributed by atoms with Crippen LogP contribution in [0.5, 0.6) is 17.2 Å². The van der Waals surface area contributed by atoms with E-state index in [1.165, 1.54) is 24.7 Å². The van der Waals surface area contributed by atoms with E-state index in [0.717, 1.165) is 6.54 Å². The van der Waals surface area contributed by atoms with Crippen molar-refractivity contribution in [2.75, 3.05) is 12.3 Å². The van der Waals surface area contributed by atoms with Gasteiger partial charge < -0.3 is 20.6 Å². The van der Waals surface area contributed by atoms with Gasteiger partial charge in [0.1, 0.15) is 0 Å². The SMILES string of the molecule is Oc1ccc(CNCC2CCCS2)c(O)c1O. The number of aromatic hydroxyl groups is 3. The lowest BCUT2D eigenvalue weighted by Gasteiger charge is -2.11. The molecule has 4 nitrogen and oxygen atoms in total. The highest BCUT2D eigenvalue weighted by atomic mass is 32.2. The van der Waals surface area contributed by atoms with E-state index < -0.39 is 5.75 Å². The third-order valence-corrected chi connectivity index (χ3v) is 4.32. The van der Waals surface area contributed by atoms with E-state index in [9.17, 15) is 15.3 Å². The van der Waals surface area contributed by atoms with Gasteiger partial charge in [-0.05, 0) is 24.7 Å². The first-order chi connectivity index (χ1) is 8.18. The molecule has 0 bridgehead atoms. The van der Waals surface area contributed by atoms with Crippen molar-refractivity contribution >= 4 is 11.8 Å². The third-order valence-electron chi connectivity index (χ3n) is 2.92. The standard InChI is InChI=1S/C12H17NO3S/c14-10-4-3-8(11(15)12(10)16)6-13-7-9-2-1-5-17-9/h3-4,9,13-16H,1-2,5-7H2. The van der Waals surface area contributed by atoms with Gasteiger partial charge in [0.25, 0.3) is 0 Å². The number of hydrogen-bond acceptors (Lipinski definition) is 5. The first-order valence-electron chi connectivity index (χ1n) is 5.73. The summed E-state index contributed by atoms with van der Waals surface area (Å²) in [6, 6.07) is 3.00. The molecule has 0 radical (unpaired) electrons. The van der Waals surface area contributed by atoms with Crippen LogP contribution in [-0.2, 0) is 6.54 Å². The molecule has 1 unspecified atom stereocenters. The van der Waals surface area contributed by atoms with Gasteiger partial charge in [0.15, 0.2) is 11.5 Å². The van der Waals surface area contributed by atoms with Crippen molar-refractivity contribution in [3.8, 4) is 17.2 Å². The molecule has 0 amide bonds. The summed E-state index contributed by atoms with van der Waals surface area (Å²) in [6.07, 6.45) is 2.52. The van der Waals surface area contributed by atoms with Crippen molar-refractivity contribution in [3.63, 3.8) is 0 Å². The second-order valence-corrected chi connectivity index (χ2v) is 5.62. The lowest BCUT2D eigenvalue weighted by molar-refractivity contribution is 0.364. The van der Waals surface area contributed by atoms with Crippen molar-refractivity contribution in [2.45, 2.75) is 24.6 Å². The monoisotopic (exact) mass is 255 g/mol. The zero-order valence-corrected chi connectivity index (χ0v) is 10.3. The largest absolute Gasteiger partial charge is 0.504 e.